The summed E-state index contributed by atoms with van der Waals surface area (Å²) < 4.78 is 30.3. The van der Waals surface area contributed by atoms with Crippen molar-refractivity contribution in [3.63, 3.8) is 0 Å². The Morgan fingerprint density at radius 2 is 1.57 bits per heavy atom. The SMILES string of the molecule is CCCc1nc(N2CCN(S(=O)(=O)c3ccc4ccccc4c3)CC2)c2cnn(-c3ccccc3)c2n1. The maximum atomic E-state index is 13.5. The van der Waals surface area contributed by atoms with Crippen molar-refractivity contribution in [1.82, 2.24) is 24.1 Å². The van der Waals surface area contributed by atoms with Gasteiger partial charge in [0, 0.05) is 32.6 Å². The molecule has 8 nitrogen and oxygen atoms in total. The van der Waals surface area contributed by atoms with Crippen molar-refractivity contribution in [3.05, 3.63) is 84.8 Å². The van der Waals surface area contributed by atoms with Crippen LogP contribution in [-0.2, 0) is 16.4 Å². The van der Waals surface area contributed by atoms with E-state index in [-0.39, 0.29) is 0 Å². The minimum Gasteiger partial charge on any atom is -0.353 e. The number of hydrogen-bond acceptors (Lipinski definition) is 6. The molecule has 0 saturated carbocycles. The first-order valence-electron chi connectivity index (χ1n) is 12.6. The zero-order chi connectivity index (χ0) is 25.4. The van der Waals surface area contributed by atoms with Gasteiger partial charge in [0.1, 0.15) is 11.6 Å². The van der Waals surface area contributed by atoms with E-state index in [1.165, 1.54) is 0 Å². The number of hydrogen-bond donors (Lipinski definition) is 0. The molecule has 3 aromatic carbocycles. The Hall–Kier alpha value is -3.82. The third kappa shape index (κ3) is 4.34. The first kappa shape index (κ1) is 23.6. The minimum atomic E-state index is -3.59. The van der Waals surface area contributed by atoms with Crippen LogP contribution >= 0.6 is 0 Å². The molecular formula is C28H28N6O2S. The lowest BCUT2D eigenvalue weighted by Crippen LogP contribution is -2.49. The Kier molecular flexibility index (Phi) is 6.10. The van der Waals surface area contributed by atoms with Crippen molar-refractivity contribution in [1.29, 1.82) is 0 Å². The molecule has 0 amide bonds. The second-order valence-corrected chi connectivity index (χ2v) is 11.2. The number of aryl methyl sites for hydroxylation is 1. The van der Waals surface area contributed by atoms with Crippen LogP contribution in [0.25, 0.3) is 27.5 Å². The number of anilines is 1. The van der Waals surface area contributed by atoms with E-state index in [4.69, 9.17) is 9.97 Å². The zero-order valence-corrected chi connectivity index (χ0v) is 21.5. The van der Waals surface area contributed by atoms with Crippen LogP contribution in [-0.4, -0.2) is 58.7 Å². The molecule has 9 heteroatoms. The predicted molar refractivity (Wildman–Crippen MR) is 146 cm³/mol. The summed E-state index contributed by atoms with van der Waals surface area (Å²) in [6.45, 7) is 3.97. The molecule has 0 bridgehead atoms. The molecule has 1 fully saturated rings. The van der Waals surface area contributed by atoms with Crippen LogP contribution in [0.5, 0.6) is 0 Å². The normalized spacial score (nSPS) is 15.0. The molecule has 2 aromatic heterocycles. The molecule has 1 aliphatic heterocycles. The molecule has 1 saturated heterocycles. The molecule has 0 radical (unpaired) electrons. The minimum absolute atomic E-state index is 0.332. The van der Waals surface area contributed by atoms with E-state index in [0.29, 0.717) is 31.1 Å². The number of aromatic nitrogens is 4. The van der Waals surface area contributed by atoms with Crippen LogP contribution in [0, 0.1) is 0 Å². The molecule has 0 spiro atoms. The van der Waals surface area contributed by atoms with E-state index >= 15 is 0 Å². The molecule has 0 N–H and O–H groups in total. The molecular weight excluding hydrogens is 484 g/mol. The highest BCUT2D eigenvalue weighted by atomic mass is 32.2. The molecule has 1 aliphatic rings. The van der Waals surface area contributed by atoms with Gasteiger partial charge in [0.25, 0.3) is 0 Å². The number of benzene rings is 3. The van der Waals surface area contributed by atoms with Gasteiger partial charge in [-0.15, -0.1) is 0 Å². The lowest BCUT2D eigenvalue weighted by Gasteiger charge is -2.35. The first-order valence-corrected chi connectivity index (χ1v) is 14.0. The van der Waals surface area contributed by atoms with Crippen LogP contribution in [0.2, 0.25) is 0 Å². The summed E-state index contributed by atoms with van der Waals surface area (Å²) in [5.41, 5.74) is 1.71. The van der Waals surface area contributed by atoms with E-state index in [1.807, 2.05) is 71.5 Å². The van der Waals surface area contributed by atoms with Gasteiger partial charge in [-0.05, 0) is 41.5 Å². The molecule has 37 heavy (non-hydrogen) atoms. The Morgan fingerprint density at radius 3 is 2.32 bits per heavy atom. The highest BCUT2D eigenvalue weighted by molar-refractivity contribution is 7.89. The van der Waals surface area contributed by atoms with Gasteiger partial charge in [0.2, 0.25) is 10.0 Å². The van der Waals surface area contributed by atoms with Gasteiger partial charge in [0.15, 0.2) is 5.65 Å². The van der Waals surface area contributed by atoms with E-state index in [0.717, 1.165) is 52.0 Å². The molecule has 0 unspecified atom stereocenters. The average molecular weight is 513 g/mol. The van der Waals surface area contributed by atoms with Crippen molar-refractivity contribution in [2.45, 2.75) is 24.7 Å². The highest BCUT2D eigenvalue weighted by Crippen LogP contribution is 2.29. The van der Waals surface area contributed by atoms with E-state index in [9.17, 15) is 8.42 Å². The molecule has 5 aromatic rings. The van der Waals surface area contributed by atoms with Gasteiger partial charge >= 0.3 is 0 Å². The number of rotatable bonds is 6. The number of nitrogens with zero attached hydrogens (tertiary/aromatic N) is 6. The highest BCUT2D eigenvalue weighted by Gasteiger charge is 2.30. The van der Waals surface area contributed by atoms with Crippen LogP contribution in [0.4, 0.5) is 5.82 Å². The molecule has 0 atom stereocenters. The summed E-state index contributed by atoms with van der Waals surface area (Å²) in [6.07, 6.45) is 3.51. The van der Waals surface area contributed by atoms with Crippen molar-refractivity contribution >= 4 is 37.6 Å². The van der Waals surface area contributed by atoms with Gasteiger partial charge in [-0.2, -0.15) is 9.40 Å². The fourth-order valence-electron chi connectivity index (χ4n) is 4.89. The fourth-order valence-corrected chi connectivity index (χ4v) is 6.35. The van der Waals surface area contributed by atoms with Crippen molar-refractivity contribution < 1.29 is 8.42 Å². The number of sulfonamides is 1. The van der Waals surface area contributed by atoms with Gasteiger partial charge in [0.05, 0.1) is 22.2 Å². The first-order chi connectivity index (χ1) is 18.0. The molecule has 188 valence electrons. The summed E-state index contributed by atoms with van der Waals surface area (Å²) in [6, 6.07) is 23.1. The average Bonchev–Trinajstić information content (AvgIpc) is 3.37. The fraction of sp³-hybridized carbons (Fsp3) is 0.250. The number of fused-ring (bicyclic) bond motifs is 2. The van der Waals surface area contributed by atoms with E-state index < -0.39 is 10.0 Å². The number of piperazine rings is 1. The molecule has 6 rings (SSSR count). The number of para-hydroxylation sites is 1. The summed E-state index contributed by atoms with van der Waals surface area (Å²) in [4.78, 5) is 12.2. The summed E-state index contributed by atoms with van der Waals surface area (Å²) in [5.74, 6) is 1.59. The van der Waals surface area contributed by atoms with Crippen LogP contribution in [0.15, 0.2) is 83.9 Å². The maximum Gasteiger partial charge on any atom is 0.243 e. The maximum absolute atomic E-state index is 13.5. The summed E-state index contributed by atoms with van der Waals surface area (Å²) in [7, 11) is -3.59. The lowest BCUT2D eigenvalue weighted by atomic mass is 10.1. The van der Waals surface area contributed by atoms with Gasteiger partial charge in [-0.3, -0.25) is 0 Å². The summed E-state index contributed by atoms with van der Waals surface area (Å²) in [5, 5.41) is 7.44. The standard InChI is InChI=1S/C28H28N6O2S/c1-2-8-26-30-27(25-20-29-34(28(25)31-26)23-11-4-3-5-12-23)32-15-17-33(18-16-32)37(35,36)24-14-13-21-9-6-7-10-22(21)19-24/h3-7,9-14,19-20H,2,8,15-18H2,1H3. The third-order valence-corrected chi connectivity index (χ3v) is 8.72. The van der Waals surface area contributed by atoms with Gasteiger partial charge < -0.3 is 4.90 Å². The molecule has 0 aliphatic carbocycles. The predicted octanol–water partition coefficient (Wildman–Crippen LogP) is 4.43. The largest absolute Gasteiger partial charge is 0.353 e. The van der Waals surface area contributed by atoms with Crippen LogP contribution in [0.3, 0.4) is 0 Å². The smallest absolute Gasteiger partial charge is 0.243 e. The quantitative estimate of drug-likeness (QED) is 0.335. The Balaban J connectivity index is 1.29. The van der Waals surface area contributed by atoms with E-state index in [2.05, 4.69) is 16.9 Å². The topological polar surface area (TPSA) is 84.2 Å². The van der Waals surface area contributed by atoms with Crippen molar-refractivity contribution in [3.8, 4) is 5.69 Å². The Labute approximate surface area is 216 Å². The monoisotopic (exact) mass is 512 g/mol. The van der Waals surface area contributed by atoms with Gasteiger partial charge in [-0.1, -0.05) is 55.5 Å². The lowest BCUT2D eigenvalue weighted by molar-refractivity contribution is 0.384. The Bertz CT molecular complexity index is 1680. The van der Waals surface area contributed by atoms with Crippen LogP contribution < -0.4 is 4.90 Å². The zero-order valence-electron chi connectivity index (χ0n) is 20.7. The van der Waals surface area contributed by atoms with Crippen LogP contribution in [0.1, 0.15) is 19.2 Å². The second-order valence-electron chi connectivity index (χ2n) is 9.24. The van der Waals surface area contributed by atoms with Crippen molar-refractivity contribution in [2.75, 3.05) is 31.1 Å². The summed E-state index contributed by atoms with van der Waals surface area (Å²) >= 11 is 0. The van der Waals surface area contributed by atoms with Crippen molar-refractivity contribution in [2.24, 2.45) is 0 Å². The second kappa shape index (κ2) is 9.57. The van der Waals surface area contributed by atoms with Gasteiger partial charge in [-0.25, -0.2) is 23.1 Å². The third-order valence-electron chi connectivity index (χ3n) is 6.83. The Morgan fingerprint density at radius 1 is 0.838 bits per heavy atom. The van der Waals surface area contributed by atoms with E-state index in [1.54, 1.807) is 16.4 Å². The molecule has 3 heterocycles.